The molecule has 0 bridgehead atoms. The van der Waals surface area contributed by atoms with Gasteiger partial charge in [-0.25, -0.2) is 9.59 Å². The van der Waals surface area contributed by atoms with Crippen molar-refractivity contribution in [3.05, 3.63) is 94.0 Å². The summed E-state index contributed by atoms with van der Waals surface area (Å²) in [6, 6.07) is 14.8. The number of fused-ring (bicyclic) bond motifs is 2. The minimum atomic E-state index is -5.12. The lowest BCUT2D eigenvalue weighted by Gasteiger charge is -2.14. The lowest BCUT2D eigenvalue weighted by atomic mass is 10.2. The Morgan fingerprint density at radius 2 is 1.63 bits per heavy atom. The van der Waals surface area contributed by atoms with Gasteiger partial charge in [0.1, 0.15) is 17.1 Å². The third-order valence-corrected chi connectivity index (χ3v) is 5.80. The molecule has 2 aromatic heterocycles. The van der Waals surface area contributed by atoms with Gasteiger partial charge in [0.05, 0.1) is 24.7 Å². The average Bonchev–Trinajstić information content (AvgIpc) is 3.39. The molecule has 0 saturated carbocycles. The zero-order chi connectivity index (χ0) is 29.3. The molecule has 0 aliphatic heterocycles. The Morgan fingerprint density at radius 3 is 2.32 bits per heavy atom. The van der Waals surface area contributed by atoms with E-state index in [1.54, 1.807) is 25.1 Å². The quantitative estimate of drug-likeness (QED) is 0.155. The minimum Gasteiger partial charge on any atom is -0.493 e. The van der Waals surface area contributed by atoms with Crippen molar-refractivity contribution in [3.63, 3.8) is 0 Å². The number of furan rings is 1. The van der Waals surface area contributed by atoms with Crippen LogP contribution in [0.5, 0.6) is 23.0 Å². The van der Waals surface area contributed by atoms with Crippen LogP contribution >= 0.6 is 0 Å². The first-order valence-corrected chi connectivity index (χ1v) is 12.0. The van der Waals surface area contributed by atoms with Gasteiger partial charge in [0.25, 0.3) is 5.76 Å². The van der Waals surface area contributed by atoms with Crippen molar-refractivity contribution < 1.29 is 50.5 Å². The molecular weight excluding hydrogens is 549 g/mol. The summed E-state index contributed by atoms with van der Waals surface area (Å²) < 4.78 is 73.0. The normalized spacial score (nSPS) is 11.4. The zero-order valence-corrected chi connectivity index (χ0v) is 21.4. The minimum absolute atomic E-state index is 0.139. The van der Waals surface area contributed by atoms with Crippen molar-refractivity contribution in [1.82, 2.24) is 0 Å². The summed E-state index contributed by atoms with van der Waals surface area (Å²) in [6.45, 7) is 1.76. The van der Waals surface area contributed by atoms with Crippen LogP contribution in [0.25, 0.3) is 21.9 Å². The largest absolute Gasteiger partial charge is 0.493 e. The highest BCUT2D eigenvalue weighted by Crippen LogP contribution is 2.39. The summed E-state index contributed by atoms with van der Waals surface area (Å²) in [7, 11) is 1.44. The first-order valence-electron chi connectivity index (χ1n) is 12.0. The van der Waals surface area contributed by atoms with E-state index in [0.717, 1.165) is 12.1 Å². The Morgan fingerprint density at radius 1 is 0.902 bits per heavy atom. The standard InChI is InChI=1S/C29H19F3O9/c1-3-37-27(34)15-7-9-17(10-8-15)38-25-23(33)19-12-11-18(14-21(19)41-26(25)29(30,31)32)39-28(35)22-13-16-5-4-6-20(36-2)24(16)40-22/h4-14H,3H2,1-2H3. The number of esters is 2. The number of alkyl halides is 3. The van der Waals surface area contributed by atoms with Gasteiger partial charge in [-0.05, 0) is 55.5 Å². The maximum atomic E-state index is 13.9. The van der Waals surface area contributed by atoms with Gasteiger partial charge in [-0.1, -0.05) is 12.1 Å². The van der Waals surface area contributed by atoms with Gasteiger partial charge in [0.15, 0.2) is 11.3 Å². The van der Waals surface area contributed by atoms with Gasteiger partial charge in [-0.15, -0.1) is 0 Å². The third-order valence-electron chi connectivity index (χ3n) is 5.80. The van der Waals surface area contributed by atoms with E-state index >= 15 is 0 Å². The van der Waals surface area contributed by atoms with Gasteiger partial charge >= 0.3 is 18.1 Å². The Hall–Kier alpha value is -5.26. The second-order valence-corrected chi connectivity index (χ2v) is 8.47. The maximum absolute atomic E-state index is 13.9. The molecule has 5 rings (SSSR count). The third kappa shape index (κ3) is 5.44. The number of ether oxygens (including phenoxy) is 4. The second kappa shape index (κ2) is 10.7. The van der Waals surface area contributed by atoms with Crippen LogP contribution in [0.2, 0.25) is 0 Å². The molecule has 0 amide bonds. The molecule has 0 atom stereocenters. The van der Waals surface area contributed by atoms with E-state index in [9.17, 15) is 27.6 Å². The summed E-state index contributed by atoms with van der Waals surface area (Å²) in [6.07, 6.45) is -5.12. The predicted molar refractivity (Wildman–Crippen MR) is 138 cm³/mol. The molecule has 0 saturated heterocycles. The number of carbonyl (C=O) groups excluding carboxylic acids is 2. The fourth-order valence-corrected chi connectivity index (χ4v) is 3.95. The monoisotopic (exact) mass is 568 g/mol. The van der Waals surface area contributed by atoms with Crippen molar-refractivity contribution in [2.24, 2.45) is 0 Å². The molecule has 0 radical (unpaired) electrons. The average molecular weight is 568 g/mol. The van der Waals surface area contributed by atoms with Gasteiger partial charge in [-0.3, -0.25) is 4.79 Å². The summed E-state index contributed by atoms with van der Waals surface area (Å²) >= 11 is 0. The molecule has 2 heterocycles. The van der Waals surface area contributed by atoms with Crippen molar-refractivity contribution in [2.45, 2.75) is 13.1 Å². The van der Waals surface area contributed by atoms with Crippen molar-refractivity contribution in [3.8, 4) is 23.0 Å². The molecule has 0 aliphatic carbocycles. The SMILES string of the molecule is CCOC(=O)c1ccc(Oc2c(C(F)(F)F)oc3cc(OC(=O)c4cc5cccc(OC)c5o4)ccc3c2=O)cc1. The van der Waals surface area contributed by atoms with E-state index in [0.29, 0.717) is 16.7 Å². The van der Waals surface area contributed by atoms with E-state index in [1.165, 1.54) is 43.5 Å². The zero-order valence-electron chi connectivity index (χ0n) is 21.4. The van der Waals surface area contributed by atoms with Gasteiger partial charge in [-0.2, -0.15) is 13.2 Å². The van der Waals surface area contributed by atoms with Crippen LogP contribution in [0, 0.1) is 0 Å². The fraction of sp³-hybridized carbons (Fsp3) is 0.138. The van der Waals surface area contributed by atoms with E-state index in [2.05, 4.69) is 0 Å². The first kappa shape index (κ1) is 27.3. The van der Waals surface area contributed by atoms with E-state index in [-0.39, 0.29) is 34.8 Å². The van der Waals surface area contributed by atoms with Gasteiger partial charge in [0, 0.05) is 11.5 Å². The van der Waals surface area contributed by atoms with Crippen LogP contribution in [0.3, 0.4) is 0 Å². The van der Waals surface area contributed by atoms with Crippen LogP contribution < -0.4 is 19.6 Å². The second-order valence-electron chi connectivity index (χ2n) is 8.47. The molecule has 41 heavy (non-hydrogen) atoms. The fourth-order valence-electron chi connectivity index (χ4n) is 3.95. The van der Waals surface area contributed by atoms with Crippen LogP contribution in [0.15, 0.2) is 80.4 Å². The topological polar surface area (TPSA) is 114 Å². The number of methoxy groups -OCH3 is 1. The number of carbonyl (C=O) groups is 2. The molecule has 0 spiro atoms. The maximum Gasteiger partial charge on any atom is 0.453 e. The molecule has 3 aromatic carbocycles. The Balaban J connectivity index is 1.46. The Bertz CT molecular complexity index is 1830. The molecule has 0 N–H and O–H groups in total. The van der Waals surface area contributed by atoms with Gasteiger partial charge < -0.3 is 27.8 Å². The number of benzene rings is 3. The van der Waals surface area contributed by atoms with Crippen LogP contribution in [-0.2, 0) is 10.9 Å². The number of hydrogen-bond acceptors (Lipinski definition) is 9. The van der Waals surface area contributed by atoms with E-state index < -0.39 is 40.6 Å². The van der Waals surface area contributed by atoms with Crippen molar-refractivity contribution in [2.75, 3.05) is 13.7 Å². The smallest absolute Gasteiger partial charge is 0.453 e. The lowest BCUT2D eigenvalue weighted by Crippen LogP contribution is -2.15. The lowest BCUT2D eigenvalue weighted by molar-refractivity contribution is -0.154. The molecule has 0 unspecified atom stereocenters. The number of hydrogen-bond donors (Lipinski definition) is 0. The molecule has 12 heteroatoms. The Kier molecular flexibility index (Phi) is 7.14. The highest BCUT2D eigenvalue weighted by Gasteiger charge is 2.40. The molecule has 5 aromatic rings. The molecular formula is C29H19F3O9. The number of rotatable bonds is 7. The summed E-state index contributed by atoms with van der Waals surface area (Å²) in [5.74, 6) is -4.50. The molecule has 0 aliphatic rings. The van der Waals surface area contributed by atoms with Gasteiger partial charge in [0.2, 0.25) is 16.9 Å². The van der Waals surface area contributed by atoms with Crippen LogP contribution in [0.4, 0.5) is 13.2 Å². The predicted octanol–water partition coefficient (Wildman–Crippen LogP) is 6.75. The van der Waals surface area contributed by atoms with Crippen LogP contribution in [0.1, 0.15) is 33.6 Å². The molecule has 9 nitrogen and oxygen atoms in total. The summed E-state index contributed by atoms with van der Waals surface area (Å²) in [5, 5.41) is 0.308. The Labute approximate surface area is 228 Å². The molecule has 0 fully saturated rings. The number of halogens is 3. The number of para-hydroxylation sites is 1. The summed E-state index contributed by atoms with van der Waals surface area (Å²) in [5.41, 5.74) is -1.16. The molecule has 210 valence electrons. The van der Waals surface area contributed by atoms with Crippen molar-refractivity contribution in [1.29, 1.82) is 0 Å². The van der Waals surface area contributed by atoms with E-state index in [4.69, 9.17) is 27.8 Å². The highest BCUT2D eigenvalue weighted by molar-refractivity contribution is 5.95. The highest BCUT2D eigenvalue weighted by atomic mass is 19.4. The van der Waals surface area contributed by atoms with Crippen LogP contribution in [-0.4, -0.2) is 25.7 Å². The first-order chi connectivity index (χ1) is 19.6. The van der Waals surface area contributed by atoms with E-state index in [1.807, 2.05) is 0 Å². The summed E-state index contributed by atoms with van der Waals surface area (Å²) in [4.78, 5) is 37.6. The van der Waals surface area contributed by atoms with Crippen molar-refractivity contribution >= 4 is 33.9 Å².